The van der Waals surface area contributed by atoms with Crippen molar-refractivity contribution in [3.8, 4) is 0 Å². The molecule has 124 valence electrons. The molecule has 3 aromatic rings. The number of hydrogen-bond acceptors (Lipinski definition) is 4. The Morgan fingerprint density at radius 3 is 2.96 bits per heavy atom. The third kappa shape index (κ3) is 3.07. The minimum absolute atomic E-state index is 0.241. The van der Waals surface area contributed by atoms with Gasteiger partial charge in [-0.2, -0.15) is 0 Å². The molecule has 0 amide bonds. The number of hydrogen-bond donors (Lipinski definition) is 1. The quantitative estimate of drug-likeness (QED) is 0.768. The lowest BCUT2D eigenvalue weighted by molar-refractivity contribution is 0.106. The number of fused-ring (bicyclic) bond motifs is 1. The van der Waals surface area contributed by atoms with Crippen molar-refractivity contribution < 1.29 is 9.50 Å². The Hall–Kier alpha value is -1.82. The van der Waals surface area contributed by atoms with Crippen LogP contribution >= 0.6 is 11.3 Å². The first-order chi connectivity index (χ1) is 11.7. The first-order valence-electron chi connectivity index (χ1n) is 8.24. The summed E-state index contributed by atoms with van der Waals surface area (Å²) in [6.07, 6.45) is 1.46. The summed E-state index contributed by atoms with van der Waals surface area (Å²) in [4.78, 5) is 7.05. The number of nitrogens with zero attached hydrogens (tertiary/aromatic N) is 2. The van der Waals surface area contributed by atoms with E-state index in [9.17, 15) is 9.50 Å². The third-order valence-electron chi connectivity index (χ3n) is 4.60. The number of thiazole rings is 1. The SMILES string of the molecule is OC(CN1CCCC1c1nc2ccccc2s1)c1cccc(F)c1. The van der Waals surface area contributed by atoms with Crippen molar-refractivity contribution in [2.45, 2.75) is 25.0 Å². The Labute approximate surface area is 144 Å². The lowest BCUT2D eigenvalue weighted by Gasteiger charge is -2.25. The molecule has 3 nitrogen and oxygen atoms in total. The van der Waals surface area contributed by atoms with Crippen LogP contribution in [0.1, 0.15) is 35.6 Å². The molecular weight excluding hydrogens is 323 g/mol. The van der Waals surface area contributed by atoms with Crippen LogP contribution < -0.4 is 0 Å². The van der Waals surface area contributed by atoms with Gasteiger partial charge < -0.3 is 5.11 Å². The Morgan fingerprint density at radius 1 is 1.25 bits per heavy atom. The Morgan fingerprint density at radius 2 is 2.12 bits per heavy atom. The summed E-state index contributed by atoms with van der Waals surface area (Å²) in [5.74, 6) is -0.310. The van der Waals surface area contributed by atoms with Crippen molar-refractivity contribution >= 4 is 21.6 Å². The molecule has 2 heterocycles. The van der Waals surface area contributed by atoms with Crippen LogP contribution in [0.25, 0.3) is 10.2 Å². The highest BCUT2D eigenvalue weighted by molar-refractivity contribution is 7.18. The van der Waals surface area contributed by atoms with Gasteiger partial charge in [-0.05, 0) is 49.2 Å². The number of rotatable bonds is 4. The molecule has 5 heteroatoms. The summed E-state index contributed by atoms with van der Waals surface area (Å²) in [7, 11) is 0. The second-order valence-corrected chi connectivity index (χ2v) is 7.31. The molecule has 0 spiro atoms. The zero-order valence-electron chi connectivity index (χ0n) is 13.2. The van der Waals surface area contributed by atoms with Crippen LogP contribution in [0, 0.1) is 5.82 Å². The van der Waals surface area contributed by atoms with Crippen LogP contribution in [0.15, 0.2) is 48.5 Å². The fourth-order valence-electron chi connectivity index (χ4n) is 3.40. The summed E-state index contributed by atoms with van der Waals surface area (Å²) in [5.41, 5.74) is 1.67. The van der Waals surface area contributed by atoms with E-state index < -0.39 is 6.10 Å². The average Bonchev–Trinajstić information content (AvgIpc) is 3.20. The number of para-hydroxylation sites is 1. The maximum Gasteiger partial charge on any atom is 0.123 e. The van der Waals surface area contributed by atoms with E-state index in [2.05, 4.69) is 11.0 Å². The van der Waals surface area contributed by atoms with Gasteiger partial charge in [0.05, 0.1) is 22.4 Å². The van der Waals surface area contributed by atoms with E-state index in [0.29, 0.717) is 12.1 Å². The molecule has 2 atom stereocenters. The standard InChI is InChI=1S/C19H19FN2OS/c20-14-6-3-5-13(11-14)17(23)12-22-10-4-8-16(22)19-21-15-7-1-2-9-18(15)24-19/h1-3,5-7,9,11,16-17,23H,4,8,10,12H2. The summed E-state index contributed by atoms with van der Waals surface area (Å²) in [6.45, 7) is 1.44. The predicted octanol–water partition coefficient (Wildman–Crippen LogP) is 4.31. The normalized spacial score (nSPS) is 19.8. The van der Waals surface area contributed by atoms with Gasteiger partial charge in [-0.1, -0.05) is 24.3 Å². The second kappa shape index (κ2) is 6.59. The molecule has 0 bridgehead atoms. The van der Waals surface area contributed by atoms with Crippen molar-refractivity contribution in [1.29, 1.82) is 0 Å². The van der Waals surface area contributed by atoms with E-state index in [1.54, 1.807) is 23.5 Å². The number of aliphatic hydroxyl groups is 1. The molecule has 2 unspecified atom stereocenters. The lowest BCUT2D eigenvalue weighted by Crippen LogP contribution is -2.28. The Bertz CT molecular complexity index is 817. The van der Waals surface area contributed by atoms with Gasteiger partial charge in [-0.3, -0.25) is 4.90 Å². The van der Waals surface area contributed by atoms with Gasteiger partial charge in [-0.15, -0.1) is 11.3 Å². The molecule has 1 aliphatic rings. The van der Waals surface area contributed by atoms with Crippen molar-refractivity contribution in [3.05, 3.63) is 64.9 Å². The topological polar surface area (TPSA) is 36.4 Å². The predicted molar refractivity (Wildman–Crippen MR) is 94.5 cm³/mol. The van der Waals surface area contributed by atoms with Crippen LogP contribution in [0.4, 0.5) is 4.39 Å². The molecule has 4 rings (SSSR count). The Kier molecular flexibility index (Phi) is 4.31. The van der Waals surface area contributed by atoms with Gasteiger partial charge in [0, 0.05) is 6.54 Å². The molecule has 1 saturated heterocycles. The van der Waals surface area contributed by atoms with E-state index in [0.717, 1.165) is 29.9 Å². The molecule has 0 aliphatic carbocycles. The van der Waals surface area contributed by atoms with Crippen molar-refractivity contribution in [1.82, 2.24) is 9.88 Å². The highest BCUT2D eigenvalue weighted by atomic mass is 32.1. The maximum absolute atomic E-state index is 13.4. The van der Waals surface area contributed by atoms with Crippen LogP contribution in [-0.2, 0) is 0 Å². The third-order valence-corrected chi connectivity index (χ3v) is 5.74. The number of β-amino-alcohol motifs (C(OH)–C–C–N with tert-alkyl or cyclic N) is 1. The smallest absolute Gasteiger partial charge is 0.123 e. The number of aromatic nitrogens is 1. The summed E-state index contributed by atoms with van der Waals surface area (Å²) < 4.78 is 14.6. The van der Waals surface area contributed by atoms with Gasteiger partial charge in [-0.25, -0.2) is 9.37 Å². The summed E-state index contributed by atoms with van der Waals surface area (Å²) in [5, 5.41) is 11.6. The molecule has 1 aromatic heterocycles. The van der Waals surface area contributed by atoms with Gasteiger partial charge in [0.2, 0.25) is 0 Å². The lowest BCUT2D eigenvalue weighted by atomic mass is 10.1. The van der Waals surface area contributed by atoms with Crippen molar-refractivity contribution in [3.63, 3.8) is 0 Å². The number of benzene rings is 2. The minimum atomic E-state index is -0.685. The number of halogens is 1. The van der Waals surface area contributed by atoms with E-state index in [-0.39, 0.29) is 11.9 Å². The largest absolute Gasteiger partial charge is 0.387 e. The van der Waals surface area contributed by atoms with Crippen LogP contribution in [0.2, 0.25) is 0 Å². The molecule has 1 aliphatic heterocycles. The second-order valence-electron chi connectivity index (χ2n) is 6.24. The van der Waals surface area contributed by atoms with Crippen molar-refractivity contribution in [2.24, 2.45) is 0 Å². The first-order valence-corrected chi connectivity index (χ1v) is 9.05. The van der Waals surface area contributed by atoms with Gasteiger partial charge in [0.25, 0.3) is 0 Å². The average molecular weight is 342 g/mol. The fourth-order valence-corrected chi connectivity index (χ4v) is 4.54. The molecule has 0 saturated carbocycles. The fraction of sp³-hybridized carbons (Fsp3) is 0.316. The van der Waals surface area contributed by atoms with E-state index >= 15 is 0 Å². The minimum Gasteiger partial charge on any atom is -0.387 e. The molecule has 1 fully saturated rings. The van der Waals surface area contributed by atoms with Crippen LogP contribution in [0.5, 0.6) is 0 Å². The summed E-state index contributed by atoms with van der Waals surface area (Å²) >= 11 is 1.73. The van der Waals surface area contributed by atoms with Gasteiger partial charge in [0.15, 0.2) is 0 Å². The molecule has 2 aromatic carbocycles. The monoisotopic (exact) mass is 342 g/mol. The number of likely N-dealkylation sites (tertiary alicyclic amines) is 1. The molecular formula is C19H19FN2OS. The highest BCUT2D eigenvalue weighted by Crippen LogP contribution is 2.37. The van der Waals surface area contributed by atoms with Gasteiger partial charge in [0.1, 0.15) is 10.8 Å². The molecule has 0 radical (unpaired) electrons. The van der Waals surface area contributed by atoms with Crippen LogP contribution in [0.3, 0.4) is 0 Å². The van der Waals surface area contributed by atoms with E-state index in [4.69, 9.17) is 4.98 Å². The first kappa shape index (κ1) is 15.7. The zero-order valence-corrected chi connectivity index (χ0v) is 14.0. The van der Waals surface area contributed by atoms with E-state index in [1.165, 1.54) is 16.8 Å². The molecule has 24 heavy (non-hydrogen) atoms. The maximum atomic E-state index is 13.4. The van der Waals surface area contributed by atoms with E-state index in [1.807, 2.05) is 18.2 Å². The highest BCUT2D eigenvalue weighted by Gasteiger charge is 2.30. The van der Waals surface area contributed by atoms with Gasteiger partial charge >= 0.3 is 0 Å². The Balaban J connectivity index is 1.54. The van der Waals surface area contributed by atoms with Crippen molar-refractivity contribution in [2.75, 3.05) is 13.1 Å². The zero-order chi connectivity index (χ0) is 16.5. The molecule has 1 N–H and O–H groups in total. The van der Waals surface area contributed by atoms with Crippen LogP contribution in [-0.4, -0.2) is 28.1 Å². The number of aliphatic hydroxyl groups excluding tert-OH is 1. The summed E-state index contributed by atoms with van der Waals surface area (Å²) in [6, 6.07) is 14.6.